The summed E-state index contributed by atoms with van der Waals surface area (Å²) in [7, 11) is 0. The molecule has 1 aromatic carbocycles. The minimum absolute atomic E-state index is 0.227. The predicted octanol–water partition coefficient (Wildman–Crippen LogP) is 4.23. The van der Waals surface area contributed by atoms with Gasteiger partial charge in [0.2, 0.25) is 0 Å². The molecule has 0 bridgehead atoms. The number of phenolic OH excluding ortho intramolecular Hbond substituents is 1. The Labute approximate surface area is 160 Å². The molecule has 0 atom stereocenters. The molecule has 138 valence electrons. The fourth-order valence-electron chi connectivity index (χ4n) is 2.79. The van der Waals surface area contributed by atoms with Crippen molar-refractivity contribution in [2.75, 3.05) is 11.9 Å². The molecule has 4 rings (SSSR count). The monoisotopic (exact) mass is 372 g/mol. The Kier molecular flexibility index (Phi) is 4.76. The third-order valence-electron chi connectivity index (χ3n) is 4.16. The Balaban J connectivity index is 1.66. The summed E-state index contributed by atoms with van der Waals surface area (Å²) in [6.45, 7) is 0.547. The standard InChI is InChI=1S/C21H16N4O3/c22-13-16-19(17-3-1-11-27-17)24-21(18-4-2-12-28-18)25-20(16)23-10-9-14-5-7-15(26)8-6-14/h1-8,11-12,26H,9-10H2,(H,23,24,25). The molecule has 3 aromatic heterocycles. The molecule has 4 aromatic rings. The van der Waals surface area contributed by atoms with Gasteiger partial charge in [0.05, 0.1) is 12.5 Å². The maximum atomic E-state index is 9.70. The fourth-order valence-corrected chi connectivity index (χ4v) is 2.79. The Morgan fingerprint density at radius 1 is 0.964 bits per heavy atom. The maximum absolute atomic E-state index is 9.70. The zero-order valence-corrected chi connectivity index (χ0v) is 14.8. The molecule has 0 spiro atoms. The molecule has 3 heterocycles. The molecule has 28 heavy (non-hydrogen) atoms. The maximum Gasteiger partial charge on any atom is 0.198 e. The van der Waals surface area contributed by atoms with Crippen molar-refractivity contribution in [2.24, 2.45) is 0 Å². The highest BCUT2D eigenvalue weighted by atomic mass is 16.3. The van der Waals surface area contributed by atoms with Crippen LogP contribution in [0.3, 0.4) is 0 Å². The van der Waals surface area contributed by atoms with Crippen molar-refractivity contribution in [3.05, 3.63) is 72.2 Å². The molecular weight excluding hydrogens is 356 g/mol. The number of aromatic nitrogens is 2. The number of nitrogens with zero attached hydrogens (tertiary/aromatic N) is 3. The van der Waals surface area contributed by atoms with Crippen molar-refractivity contribution in [2.45, 2.75) is 6.42 Å². The number of hydrogen-bond acceptors (Lipinski definition) is 7. The molecule has 0 saturated heterocycles. The van der Waals surface area contributed by atoms with Gasteiger partial charge in [0.15, 0.2) is 17.3 Å². The first-order chi connectivity index (χ1) is 13.7. The van der Waals surface area contributed by atoms with Crippen LogP contribution in [0.5, 0.6) is 5.75 Å². The van der Waals surface area contributed by atoms with E-state index in [1.807, 2.05) is 12.1 Å². The second kappa shape index (κ2) is 7.68. The average Bonchev–Trinajstić information content (AvgIpc) is 3.43. The number of rotatable bonds is 6. The second-order valence-electron chi connectivity index (χ2n) is 6.03. The minimum atomic E-state index is 0.227. The number of hydrogen-bond donors (Lipinski definition) is 2. The summed E-state index contributed by atoms with van der Waals surface area (Å²) in [6.07, 6.45) is 3.77. The Morgan fingerprint density at radius 3 is 2.32 bits per heavy atom. The Hall–Kier alpha value is -4.05. The van der Waals surface area contributed by atoms with Gasteiger partial charge in [0.1, 0.15) is 28.9 Å². The van der Waals surface area contributed by atoms with Gasteiger partial charge in [-0.2, -0.15) is 5.26 Å². The molecule has 0 aliphatic carbocycles. The third kappa shape index (κ3) is 3.57. The molecule has 0 radical (unpaired) electrons. The van der Waals surface area contributed by atoms with Gasteiger partial charge >= 0.3 is 0 Å². The van der Waals surface area contributed by atoms with Crippen LogP contribution in [0, 0.1) is 11.3 Å². The Bertz CT molecular complexity index is 1100. The van der Waals surface area contributed by atoms with Crippen LogP contribution in [-0.4, -0.2) is 21.6 Å². The minimum Gasteiger partial charge on any atom is -0.508 e. The molecule has 0 unspecified atom stereocenters. The molecule has 0 amide bonds. The van der Waals surface area contributed by atoms with Crippen molar-refractivity contribution in [3.63, 3.8) is 0 Å². The number of nitrogens with one attached hydrogen (secondary N) is 1. The zero-order chi connectivity index (χ0) is 19.3. The summed E-state index contributed by atoms with van der Waals surface area (Å²) < 4.78 is 10.9. The zero-order valence-electron chi connectivity index (χ0n) is 14.8. The fraction of sp³-hybridized carbons (Fsp3) is 0.0952. The summed E-state index contributed by atoms with van der Waals surface area (Å²) in [5.74, 6) is 1.98. The van der Waals surface area contributed by atoms with Crippen LogP contribution < -0.4 is 5.32 Å². The van der Waals surface area contributed by atoms with Crippen LogP contribution in [0.4, 0.5) is 5.82 Å². The van der Waals surface area contributed by atoms with Crippen molar-refractivity contribution >= 4 is 5.82 Å². The molecule has 0 saturated carbocycles. The van der Waals surface area contributed by atoms with E-state index in [1.54, 1.807) is 42.7 Å². The smallest absolute Gasteiger partial charge is 0.198 e. The summed E-state index contributed by atoms with van der Waals surface area (Å²) in [6, 6.07) is 16.2. The summed E-state index contributed by atoms with van der Waals surface area (Å²) in [5.41, 5.74) is 1.76. The van der Waals surface area contributed by atoms with Gasteiger partial charge in [-0.3, -0.25) is 0 Å². The lowest BCUT2D eigenvalue weighted by molar-refractivity contribution is 0.475. The SMILES string of the molecule is N#Cc1c(NCCc2ccc(O)cc2)nc(-c2ccco2)nc1-c1ccco1. The largest absolute Gasteiger partial charge is 0.508 e. The van der Waals surface area contributed by atoms with E-state index in [1.165, 1.54) is 6.26 Å². The summed E-state index contributed by atoms with van der Waals surface area (Å²) >= 11 is 0. The first-order valence-corrected chi connectivity index (χ1v) is 8.66. The first kappa shape index (κ1) is 17.4. The van der Waals surface area contributed by atoms with E-state index in [4.69, 9.17) is 8.83 Å². The van der Waals surface area contributed by atoms with Gasteiger partial charge in [-0.05, 0) is 48.4 Å². The number of aromatic hydroxyl groups is 1. The van der Waals surface area contributed by atoms with Gasteiger partial charge in [0.25, 0.3) is 0 Å². The second-order valence-corrected chi connectivity index (χ2v) is 6.03. The highest BCUT2D eigenvalue weighted by molar-refractivity contribution is 5.72. The predicted molar refractivity (Wildman–Crippen MR) is 102 cm³/mol. The van der Waals surface area contributed by atoms with E-state index in [0.717, 1.165) is 5.56 Å². The summed E-state index contributed by atoms with van der Waals surface area (Å²) in [4.78, 5) is 8.96. The highest BCUT2D eigenvalue weighted by Crippen LogP contribution is 2.29. The van der Waals surface area contributed by atoms with Gasteiger partial charge in [-0.15, -0.1) is 0 Å². The molecular formula is C21H16N4O3. The molecule has 0 fully saturated rings. The van der Waals surface area contributed by atoms with E-state index >= 15 is 0 Å². The number of nitriles is 1. The van der Waals surface area contributed by atoms with Gasteiger partial charge < -0.3 is 19.3 Å². The van der Waals surface area contributed by atoms with Crippen LogP contribution in [0.1, 0.15) is 11.1 Å². The quantitative estimate of drug-likeness (QED) is 0.521. The van der Waals surface area contributed by atoms with Crippen molar-refractivity contribution in [3.8, 4) is 34.9 Å². The van der Waals surface area contributed by atoms with Crippen LogP contribution in [0.15, 0.2) is 69.9 Å². The van der Waals surface area contributed by atoms with Crippen LogP contribution in [-0.2, 0) is 6.42 Å². The van der Waals surface area contributed by atoms with E-state index in [0.29, 0.717) is 47.4 Å². The lowest BCUT2D eigenvalue weighted by Gasteiger charge is -2.11. The van der Waals surface area contributed by atoms with Crippen molar-refractivity contribution in [1.82, 2.24) is 9.97 Å². The van der Waals surface area contributed by atoms with E-state index in [2.05, 4.69) is 21.4 Å². The number of anilines is 1. The third-order valence-corrected chi connectivity index (χ3v) is 4.16. The van der Waals surface area contributed by atoms with E-state index in [9.17, 15) is 10.4 Å². The number of phenols is 1. The van der Waals surface area contributed by atoms with Gasteiger partial charge in [-0.1, -0.05) is 12.1 Å². The lowest BCUT2D eigenvalue weighted by atomic mass is 10.1. The molecule has 0 aliphatic heterocycles. The highest BCUT2D eigenvalue weighted by Gasteiger charge is 2.19. The van der Waals surface area contributed by atoms with E-state index < -0.39 is 0 Å². The summed E-state index contributed by atoms with van der Waals surface area (Å²) in [5, 5.41) is 22.3. The topological polar surface area (TPSA) is 108 Å². The molecule has 0 aliphatic rings. The molecule has 7 heteroatoms. The first-order valence-electron chi connectivity index (χ1n) is 8.66. The van der Waals surface area contributed by atoms with Crippen molar-refractivity contribution in [1.29, 1.82) is 5.26 Å². The lowest BCUT2D eigenvalue weighted by Crippen LogP contribution is -2.10. The average molecular weight is 372 g/mol. The molecule has 2 N–H and O–H groups in total. The van der Waals surface area contributed by atoms with Gasteiger partial charge in [-0.25, -0.2) is 9.97 Å². The Morgan fingerprint density at radius 2 is 1.68 bits per heavy atom. The van der Waals surface area contributed by atoms with Crippen LogP contribution >= 0.6 is 0 Å². The van der Waals surface area contributed by atoms with E-state index in [-0.39, 0.29) is 5.75 Å². The normalized spacial score (nSPS) is 10.5. The van der Waals surface area contributed by atoms with Gasteiger partial charge in [0, 0.05) is 6.54 Å². The van der Waals surface area contributed by atoms with Crippen molar-refractivity contribution < 1.29 is 13.9 Å². The molecule has 7 nitrogen and oxygen atoms in total. The number of benzene rings is 1. The van der Waals surface area contributed by atoms with Crippen LogP contribution in [0.25, 0.3) is 23.0 Å². The number of furan rings is 2. The van der Waals surface area contributed by atoms with Crippen LogP contribution in [0.2, 0.25) is 0 Å².